The molecule has 1 aliphatic rings. The molecule has 0 unspecified atom stereocenters. The summed E-state index contributed by atoms with van der Waals surface area (Å²) in [5, 5.41) is 0.798. The van der Waals surface area contributed by atoms with Crippen molar-refractivity contribution in [1.29, 1.82) is 0 Å². The van der Waals surface area contributed by atoms with Crippen LogP contribution in [0, 0.1) is 12.8 Å². The summed E-state index contributed by atoms with van der Waals surface area (Å²) in [6.07, 6.45) is 3.90. The Kier molecular flexibility index (Phi) is 2.80. The van der Waals surface area contributed by atoms with Crippen LogP contribution in [0.15, 0.2) is 18.2 Å². The Bertz CT molecular complexity index is 331. The van der Waals surface area contributed by atoms with E-state index in [1.807, 2.05) is 12.1 Å². The molecular formula is C12H16ClN. The molecule has 14 heavy (non-hydrogen) atoms. The van der Waals surface area contributed by atoms with Gasteiger partial charge in [0.2, 0.25) is 0 Å². The molecule has 0 radical (unpaired) electrons. The molecular weight excluding hydrogens is 194 g/mol. The fraction of sp³-hybridized carbons (Fsp3) is 0.500. The van der Waals surface area contributed by atoms with Crippen LogP contribution in [0.1, 0.15) is 36.4 Å². The van der Waals surface area contributed by atoms with Gasteiger partial charge in [0.1, 0.15) is 0 Å². The number of hydrogen-bond donors (Lipinski definition) is 1. The Hall–Kier alpha value is -0.530. The highest BCUT2D eigenvalue weighted by Crippen LogP contribution is 2.37. The highest BCUT2D eigenvalue weighted by atomic mass is 35.5. The van der Waals surface area contributed by atoms with E-state index in [2.05, 4.69) is 13.0 Å². The number of benzene rings is 1. The Morgan fingerprint density at radius 1 is 1.43 bits per heavy atom. The summed E-state index contributed by atoms with van der Waals surface area (Å²) in [4.78, 5) is 0. The van der Waals surface area contributed by atoms with E-state index >= 15 is 0 Å². The van der Waals surface area contributed by atoms with Gasteiger partial charge in [-0.15, -0.1) is 0 Å². The lowest BCUT2D eigenvalue weighted by Gasteiger charge is -2.32. The highest BCUT2D eigenvalue weighted by molar-refractivity contribution is 6.30. The number of nitrogens with two attached hydrogens (primary N) is 1. The molecule has 0 aromatic heterocycles. The largest absolute Gasteiger partial charge is 0.324 e. The van der Waals surface area contributed by atoms with Crippen LogP contribution >= 0.6 is 11.6 Å². The third-order valence-electron chi connectivity index (χ3n) is 3.25. The zero-order valence-corrected chi connectivity index (χ0v) is 9.22. The zero-order chi connectivity index (χ0) is 10.1. The van der Waals surface area contributed by atoms with Crippen molar-refractivity contribution in [2.75, 3.05) is 0 Å². The normalized spacial score (nSPS) is 19.1. The molecule has 0 spiro atoms. The predicted octanol–water partition coefficient (Wildman–Crippen LogP) is 3.45. The van der Waals surface area contributed by atoms with E-state index in [0.29, 0.717) is 5.92 Å². The van der Waals surface area contributed by atoms with Gasteiger partial charge in [-0.05, 0) is 48.9 Å². The zero-order valence-electron chi connectivity index (χ0n) is 8.46. The van der Waals surface area contributed by atoms with Crippen molar-refractivity contribution >= 4 is 11.6 Å². The predicted molar refractivity (Wildman–Crippen MR) is 60.5 cm³/mol. The van der Waals surface area contributed by atoms with E-state index in [-0.39, 0.29) is 6.04 Å². The minimum Gasteiger partial charge on any atom is -0.324 e. The van der Waals surface area contributed by atoms with Crippen molar-refractivity contribution in [1.82, 2.24) is 0 Å². The fourth-order valence-electron chi connectivity index (χ4n) is 2.07. The molecule has 2 N–H and O–H groups in total. The third kappa shape index (κ3) is 1.79. The number of aryl methyl sites for hydroxylation is 1. The molecule has 2 heteroatoms. The Balaban J connectivity index is 2.22. The molecule has 0 bridgehead atoms. The summed E-state index contributed by atoms with van der Waals surface area (Å²) >= 11 is 5.91. The van der Waals surface area contributed by atoms with Crippen molar-refractivity contribution in [3.63, 3.8) is 0 Å². The average Bonchev–Trinajstić information content (AvgIpc) is 2.00. The third-order valence-corrected chi connectivity index (χ3v) is 3.48. The molecule has 1 aliphatic carbocycles. The molecule has 1 fully saturated rings. The molecule has 0 saturated heterocycles. The van der Waals surface area contributed by atoms with Crippen LogP contribution < -0.4 is 5.73 Å². The lowest BCUT2D eigenvalue weighted by atomic mass is 9.77. The average molecular weight is 210 g/mol. The second kappa shape index (κ2) is 3.92. The summed E-state index contributed by atoms with van der Waals surface area (Å²) in [5.41, 5.74) is 8.69. The standard InChI is InChI=1S/C12H16ClN/c1-8-7-10(13)5-6-11(8)12(14)9-3-2-4-9/h5-7,9,12H,2-4,14H2,1H3/t12-/m1/s1. The summed E-state index contributed by atoms with van der Waals surface area (Å²) in [6, 6.07) is 6.21. The molecule has 0 heterocycles. The van der Waals surface area contributed by atoms with Crippen molar-refractivity contribution < 1.29 is 0 Å². The van der Waals surface area contributed by atoms with Gasteiger partial charge in [0, 0.05) is 11.1 Å². The SMILES string of the molecule is Cc1cc(Cl)ccc1[C@H](N)C1CCC1. The molecule has 0 amide bonds. The first-order valence-corrected chi connectivity index (χ1v) is 5.58. The molecule has 2 rings (SSSR count). The van der Waals surface area contributed by atoms with Crippen LogP contribution in [0.3, 0.4) is 0 Å². The van der Waals surface area contributed by atoms with Gasteiger partial charge >= 0.3 is 0 Å². The van der Waals surface area contributed by atoms with Crippen molar-refractivity contribution in [2.24, 2.45) is 11.7 Å². The van der Waals surface area contributed by atoms with E-state index in [1.54, 1.807) is 0 Å². The van der Waals surface area contributed by atoms with Crippen molar-refractivity contribution in [3.05, 3.63) is 34.3 Å². The first kappa shape index (κ1) is 10.0. The topological polar surface area (TPSA) is 26.0 Å². The number of halogens is 1. The smallest absolute Gasteiger partial charge is 0.0408 e. The molecule has 1 aromatic rings. The van der Waals surface area contributed by atoms with Crippen LogP contribution in [0.4, 0.5) is 0 Å². The van der Waals surface area contributed by atoms with Gasteiger partial charge in [-0.2, -0.15) is 0 Å². The lowest BCUT2D eigenvalue weighted by Crippen LogP contribution is -2.27. The molecule has 76 valence electrons. The molecule has 1 aromatic carbocycles. The van der Waals surface area contributed by atoms with E-state index in [0.717, 1.165) is 5.02 Å². The van der Waals surface area contributed by atoms with Crippen LogP contribution in [-0.2, 0) is 0 Å². The second-order valence-corrected chi connectivity index (χ2v) is 4.65. The first-order chi connectivity index (χ1) is 6.68. The highest BCUT2D eigenvalue weighted by Gasteiger charge is 2.26. The van der Waals surface area contributed by atoms with Crippen LogP contribution in [-0.4, -0.2) is 0 Å². The summed E-state index contributed by atoms with van der Waals surface area (Å²) < 4.78 is 0. The quantitative estimate of drug-likeness (QED) is 0.794. The van der Waals surface area contributed by atoms with Gasteiger partial charge in [0.25, 0.3) is 0 Å². The van der Waals surface area contributed by atoms with Gasteiger partial charge < -0.3 is 5.73 Å². The van der Waals surface area contributed by atoms with Crippen LogP contribution in [0.25, 0.3) is 0 Å². The molecule has 1 nitrogen and oxygen atoms in total. The summed E-state index contributed by atoms with van der Waals surface area (Å²) in [7, 11) is 0. The van der Waals surface area contributed by atoms with Gasteiger partial charge in [-0.1, -0.05) is 24.1 Å². The molecule has 0 aliphatic heterocycles. The molecule has 1 saturated carbocycles. The molecule has 1 atom stereocenters. The van der Waals surface area contributed by atoms with E-state index < -0.39 is 0 Å². The maximum absolute atomic E-state index is 6.21. The Morgan fingerprint density at radius 3 is 2.64 bits per heavy atom. The van der Waals surface area contributed by atoms with Gasteiger partial charge in [0.15, 0.2) is 0 Å². The fourth-order valence-corrected chi connectivity index (χ4v) is 2.29. The van der Waals surface area contributed by atoms with Crippen LogP contribution in [0.2, 0.25) is 5.02 Å². The second-order valence-electron chi connectivity index (χ2n) is 4.22. The maximum Gasteiger partial charge on any atom is 0.0408 e. The van der Waals surface area contributed by atoms with E-state index in [4.69, 9.17) is 17.3 Å². The minimum absolute atomic E-state index is 0.209. The van der Waals surface area contributed by atoms with Crippen LogP contribution in [0.5, 0.6) is 0 Å². The van der Waals surface area contributed by atoms with Crippen molar-refractivity contribution in [3.8, 4) is 0 Å². The lowest BCUT2D eigenvalue weighted by molar-refractivity contribution is 0.264. The Morgan fingerprint density at radius 2 is 2.14 bits per heavy atom. The summed E-state index contributed by atoms with van der Waals surface area (Å²) in [6.45, 7) is 2.08. The summed E-state index contributed by atoms with van der Waals surface area (Å²) in [5.74, 6) is 0.690. The van der Waals surface area contributed by atoms with Gasteiger partial charge in [-0.3, -0.25) is 0 Å². The van der Waals surface area contributed by atoms with Gasteiger partial charge in [-0.25, -0.2) is 0 Å². The van der Waals surface area contributed by atoms with E-state index in [9.17, 15) is 0 Å². The first-order valence-electron chi connectivity index (χ1n) is 5.20. The maximum atomic E-state index is 6.21. The van der Waals surface area contributed by atoms with E-state index in [1.165, 1.54) is 30.4 Å². The number of hydrogen-bond acceptors (Lipinski definition) is 1. The van der Waals surface area contributed by atoms with Gasteiger partial charge in [0.05, 0.1) is 0 Å². The number of rotatable bonds is 2. The minimum atomic E-state index is 0.209. The monoisotopic (exact) mass is 209 g/mol. The Labute approximate surface area is 90.3 Å². The van der Waals surface area contributed by atoms with Crippen molar-refractivity contribution in [2.45, 2.75) is 32.2 Å².